The fourth-order valence-corrected chi connectivity index (χ4v) is 1.86. The predicted octanol–water partition coefficient (Wildman–Crippen LogP) is 3.91. The molecule has 0 saturated carbocycles. The average molecular weight is 260 g/mol. The highest BCUT2D eigenvalue weighted by molar-refractivity contribution is 6.33. The van der Waals surface area contributed by atoms with Crippen LogP contribution in [0.15, 0.2) is 54.6 Å². The van der Waals surface area contributed by atoms with E-state index in [1.54, 1.807) is 12.1 Å². The molecule has 0 aromatic heterocycles. The molecule has 0 aliphatic rings. The van der Waals surface area contributed by atoms with E-state index in [2.05, 4.69) is 5.32 Å². The maximum Gasteiger partial charge on any atom is 0.224 e. The SMILES string of the molecule is O=C(CCc1ccccc1)Nc1ccccc1Cl. The van der Waals surface area contributed by atoms with Gasteiger partial charge in [-0.15, -0.1) is 0 Å². The highest BCUT2D eigenvalue weighted by Crippen LogP contribution is 2.20. The van der Waals surface area contributed by atoms with E-state index in [0.717, 1.165) is 12.0 Å². The number of hydrogen-bond acceptors (Lipinski definition) is 1. The summed E-state index contributed by atoms with van der Waals surface area (Å²) in [6.45, 7) is 0. The fourth-order valence-electron chi connectivity index (χ4n) is 1.68. The molecule has 0 fully saturated rings. The Morgan fingerprint density at radius 2 is 1.67 bits per heavy atom. The molecule has 0 aliphatic heterocycles. The molecular weight excluding hydrogens is 246 g/mol. The maximum atomic E-state index is 11.8. The Morgan fingerprint density at radius 1 is 1.00 bits per heavy atom. The Bertz CT molecular complexity index is 525. The first-order valence-electron chi connectivity index (χ1n) is 5.84. The van der Waals surface area contributed by atoms with Gasteiger partial charge < -0.3 is 5.32 Å². The molecule has 2 rings (SSSR count). The Balaban J connectivity index is 1.88. The standard InChI is InChI=1S/C15H14ClNO/c16-13-8-4-5-9-14(13)17-15(18)11-10-12-6-2-1-3-7-12/h1-9H,10-11H2,(H,17,18). The van der Waals surface area contributed by atoms with Crippen molar-refractivity contribution in [3.05, 3.63) is 65.2 Å². The monoisotopic (exact) mass is 259 g/mol. The highest BCUT2D eigenvalue weighted by Gasteiger charge is 2.05. The molecule has 2 aromatic carbocycles. The number of halogens is 1. The van der Waals surface area contributed by atoms with Crippen molar-refractivity contribution in [3.8, 4) is 0 Å². The molecule has 1 N–H and O–H groups in total. The van der Waals surface area contributed by atoms with Crippen molar-refractivity contribution >= 4 is 23.2 Å². The van der Waals surface area contributed by atoms with Gasteiger partial charge in [-0.1, -0.05) is 54.1 Å². The van der Waals surface area contributed by atoms with Crippen LogP contribution in [-0.4, -0.2) is 5.91 Å². The van der Waals surface area contributed by atoms with Crippen molar-refractivity contribution in [2.24, 2.45) is 0 Å². The maximum absolute atomic E-state index is 11.8. The summed E-state index contributed by atoms with van der Waals surface area (Å²) in [6.07, 6.45) is 1.19. The number of benzene rings is 2. The average Bonchev–Trinajstić information content (AvgIpc) is 2.40. The van der Waals surface area contributed by atoms with Gasteiger partial charge in [0.05, 0.1) is 10.7 Å². The molecule has 0 atom stereocenters. The smallest absolute Gasteiger partial charge is 0.224 e. The molecule has 0 saturated heterocycles. The molecular formula is C15H14ClNO. The van der Waals surface area contributed by atoms with E-state index in [0.29, 0.717) is 17.1 Å². The third-order valence-electron chi connectivity index (χ3n) is 2.63. The summed E-state index contributed by atoms with van der Waals surface area (Å²) in [7, 11) is 0. The van der Waals surface area contributed by atoms with Crippen LogP contribution in [0.25, 0.3) is 0 Å². The zero-order valence-corrected chi connectivity index (χ0v) is 10.7. The molecule has 0 bridgehead atoms. The van der Waals surface area contributed by atoms with Crippen molar-refractivity contribution in [1.29, 1.82) is 0 Å². The van der Waals surface area contributed by atoms with Crippen LogP contribution in [0.1, 0.15) is 12.0 Å². The van der Waals surface area contributed by atoms with Gasteiger partial charge in [0.2, 0.25) is 5.91 Å². The molecule has 0 unspecified atom stereocenters. The number of para-hydroxylation sites is 1. The third kappa shape index (κ3) is 3.60. The first kappa shape index (κ1) is 12.7. The molecule has 0 aliphatic carbocycles. The summed E-state index contributed by atoms with van der Waals surface area (Å²) in [5.41, 5.74) is 1.82. The van der Waals surface area contributed by atoms with E-state index in [9.17, 15) is 4.79 Å². The van der Waals surface area contributed by atoms with Crippen LogP contribution in [0.2, 0.25) is 5.02 Å². The summed E-state index contributed by atoms with van der Waals surface area (Å²) < 4.78 is 0. The normalized spacial score (nSPS) is 10.1. The van der Waals surface area contributed by atoms with E-state index in [1.165, 1.54) is 0 Å². The first-order chi connectivity index (χ1) is 8.75. The first-order valence-corrected chi connectivity index (χ1v) is 6.22. The minimum atomic E-state index is -0.0213. The Kier molecular flexibility index (Phi) is 4.37. The van der Waals surface area contributed by atoms with Gasteiger partial charge in [-0.05, 0) is 24.1 Å². The van der Waals surface area contributed by atoms with Crippen LogP contribution in [-0.2, 0) is 11.2 Å². The van der Waals surface area contributed by atoms with Gasteiger partial charge in [-0.3, -0.25) is 4.79 Å². The van der Waals surface area contributed by atoms with Gasteiger partial charge in [0.1, 0.15) is 0 Å². The zero-order chi connectivity index (χ0) is 12.8. The largest absolute Gasteiger partial charge is 0.325 e. The van der Waals surface area contributed by atoms with E-state index in [4.69, 9.17) is 11.6 Å². The van der Waals surface area contributed by atoms with E-state index in [-0.39, 0.29) is 5.91 Å². The molecule has 1 amide bonds. The number of carbonyl (C=O) groups is 1. The van der Waals surface area contributed by atoms with E-state index < -0.39 is 0 Å². The number of amides is 1. The van der Waals surface area contributed by atoms with Gasteiger partial charge in [-0.25, -0.2) is 0 Å². The molecule has 0 spiro atoms. The predicted molar refractivity (Wildman–Crippen MR) is 74.8 cm³/mol. The topological polar surface area (TPSA) is 29.1 Å². The quantitative estimate of drug-likeness (QED) is 0.886. The molecule has 0 heterocycles. The second-order valence-electron chi connectivity index (χ2n) is 4.01. The van der Waals surface area contributed by atoms with Crippen molar-refractivity contribution in [3.63, 3.8) is 0 Å². The molecule has 2 nitrogen and oxygen atoms in total. The summed E-state index contributed by atoms with van der Waals surface area (Å²) in [5, 5.41) is 3.37. The lowest BCUT2D eigenvalue weighted by atomic mass is 10.1. The van der Waals surface area contributed by atoms with Crippen LogP contribution in [0.3, 0.4) is 0 Å². The van der Waals surface area contributed by atoms with Crippen LogP contribution < -0.4 is 5.32 Å². The van der Waals surface area contributed by atoms with Gasteiger partial charge >= 0.3 is 0 Å². The zero-order valence-electron chi connectivity index (χ0n) is 9.90. The number of rotatable bonds is 4. The minimum absolute atomic E-state index is 0.0213. The summed E-state index contributed by atoms with van der Waals surface area (Å²) in [6, 6.07) is 17.2. The number of anilines is 1. The van der Waals surface area contributed by atoms with E-state index >= 15 is 0 Å². The lowest BCUT2D eigenvalue weighted by Gasteiger charge is -2.06. The minimum Gasteiger partial charge on any atom is -0.325 e. The lowest BCUT2D eigenvalue weighted by Crippen LogP contribution is -2.12. The van der Waals surface area contributed by atoms with Crippen LogP contribution in [0, 0.1) is 0 Å². The fraction of sp³-hybridized carbons (Fsp3) is 0.133. The second kappa shape index (κ2) is 6.22. The molecule has 0 radical (unpaired) electrons. The van der Waals surface area contributed by atoms with Crippen molar-refractivity contribution in [1.82, 2.24) is 0 Å². The van der Waals surface area contributed by atoms with Crippen molar-refractivity contribution in [2.45, 2.75) is 12.8 Å². The molecule has 2 aromatic rings. The van der Waals surface area contributed by atoms with E-state index in [1.807, 2.05) is 42.5 Å². The summed E-state index contributed by atoms with van der Waals surface area (Å²) in [5.74, 6) is -0.0213. The third-order valence-corrected chi connectivity index (χ3v) is 2.96. The Morgan fingerprint density at radius 3 is 2.39 bits per heavy atom. The molecule has 3 heteroatoms. The second-order valence-corrected chi connectivity index (χ2v) is 4.42. The lowest BCUT2D eigenvalue weighted by molar-refractivity contribution is -0.116. The highest BCUT2D eigenvalue weighted by atomic mass is 35.5. The number of aryl methyl sites for hydroxylation is 1. The Labute approximate surface area is 112 Å². The number of carbonyl (C=O) groups excluding carboxylic acids is 1. The van der Waals surface area contributed by atoms with Gasteiger partial charge in [0.25, 0.3) is 0 Å². The van der Waals surface area contributed by atoms with Crippen molar-refractivity contribution in [2.75, 3.05) is 5.32 Å². The number of nitrogens with one attached hydrogen (secondary N) is 1. The van der Waals surface area contributed by atoms with Crippen molar-refractivity contribution < 1.29 is 4.79 Å². The molecule has 18 heavy (non-hydrogen) atoms. The van der Waals surface area contributed by atoms with Crippen LogP contribution in [0.4, 0.5) is 5.69 Å². The Hall–Kier alpha value is -1.80. The summed E-state index contributed by atoms with van der Waals surface area (Å²) >= 11 is 5.97. The van der Waals surface area contributed by atoms with Gasteiger partial charge in [0.15, 0.2) is 0 Å². The van der Waals surface area contributed by atoms with Crippen LogP contribution in [0.5, 0.6) is 0 Å². The summed E-state index contributed by atoms with van der Waals surface area (Å²) in [4.78, 5) is 11.8. The molecule has 92 valence electrons. The van der Waals surface area contributed by atoms with Gasteiger partial charge in [-0.2, -0.15) is 0 Å². The van der Waals surface area contributed by atoms with Crippen LogP contribution >= 0.6 is 11.6 Å². The van der Waals surface area contributed by atoms with Gasteiger partial charge in [0, 0.05) is 6.42 Å². The number of hydrogen-bond donors (Lipinski definition) is 1.